The molecular weight excluding hydrogens is 280 g/mol. The van der Waals surface area contributed by atoms with E-state index in [9.17, 15) is 4.79 Å². The average molecular weight is 306 g/mol. The molecule has 1 saturated carbocycles. The van der Waals surface area contributed by atoms with Gasteiger partial charge in [0.25, 0.3) is 0 Å². The summed E-state index contributed by atoms with van der Waals surface area (Å²) in [5.74, 6) is 1.20. The lowest BCUT2D eigenvalue weighted by Crippen LogP contribution is -2.56. The summed E-state index contributed by atoms with van der Waals surface area (Å²) in [4.78, 5) is 13.4. The zero-order valence-electron chi connectivity index (χ0n) is 12.8. The van der Waals surface area contributed by atoms with Crippen molar-refractivity contribution in [2.75, 3.05) is 12.8 Å². The van der Waals surface area contributed by atoms with Gasteiger partial charge in [-0.25, -0.2) is 0 Å². The summed E-state index contributed by atoms with van der Waals surface area (Å²) < 4.78 is 0. The Bertz CT molecular complexity index is 445. The van der Waals surface area contributed by atoms with Gasteiger partial charge < -0.3 is 11.1 Å². The second-order valence-electron chi connectivity index (χ2n) is 6.05. The number of hydrogen-bond acceptors (Lipinski definition) is 3. The molecule has 0 radical (unpaired) electrons. The van der Waals surface area contributed by atoms with E-state index in [4.69, 9.17) is 5.73 Å². The first-order valence-corrected chi connectivity index (χ1v) is 8.81. The number of carbonyl (C=O) groups excluding carboxylic acids is 1. The van der Waals surface area contributed by atoms with Crippen LogP contribution in [0.4, 0.5) is 0 Å². The highest BCUT2D eigenvalue weighted by molar-refractivity contribution is 7.99. The standard InChI is InChI=1S/C17H26N2OS/c1-19-16(20)17(18,12-14-8-4-2-5-9-14)13-21-15-10-6-3-7-11-15/h3,6-7,10-11,14H,2,4-5,8-9,12-13,18H2,1H3,(H,19,20). The van der Waals surface area contributed by atoms with Gasteiger partial charge in [0.1, 0.15) is 5.54 Å². The molecule has 3 nitrogen and oxygen atoms in total. The fourth-order valence-electron chi connectivity index (χ4n) is 3.10. The predicted octanol–water partition coefficient (Wildman–Crippen LogP) is 3.19. The van der Waals surface area contributed by atoms with Crippen molar-refractivity contribution in [3.05, 3.63) is 30.3 Å². The Morgan fingerprint density at radius 2 is 1.95 bits per heavy atom. The first kappa shape index (κ1) is 16.4. The number of amides is 1. The van der Waals surface area contributed by atoms with E-state index >= 15 is 0 Å². The van der Waals surface area contributed by atoms with Gasteiger partial charge in [0.05, 0.1) is 0 Å². The molecule has 1 fully saturated rings. The summed E-state index contributed by atoms with van der Waals surface area (Å²) >= 11 is 1.67. The molecule has 3 N–H and O–H groups in total. The van der Waals surface area contributed by atoms with Crippen LogP contribution in [0.3, 0.4) is 0 Å². The molecule has 1 aromatic rings. The van der Waals surface area contributed by atoms with E-state index in [0.717, 1.165) is 6.42 Å². The van der Waals surface area contributed by atoms with Crippen molar-refractivity contribution < 1.29 is 4.79 Å². The van der Waals surface area contributed by atoms with Crippen LogP contribution in [-0.2, 0) is 4.79 Å². The van der Waals surface area contributed by atoms with Crippen LogP contribution in [0.5, 0.6) is 0 Å². The second kappa shape index (κ2) is 7.85. The maximum absolute atomic E-state index is 12.3. The third-order valence-electron chi connectivity index (χ3n) is 4.30. The number of nitrogens with two attached hydrogens (primary N) is 1. The molecule has 21 heavy (non-hydrogen) atoms. The number of likely N-dealkylation sites (N-methyl/N-ethyl adjacent to an activating group) is 1. The van der Waals surface area contributed by atoms with E-state index in [1.54, 1.807) is 18.8 Å². The highest BCUT2D eigenvalue weighted by Crippen LogP contribution is 2.32. The lowest BCUT2D eigenvalue weighted by molar-refractivity contribution is -0.125. The maximum Gasteiger partial charge on any atom is 0.240 e. The van der Waals surface area contributed by atoms with Crippen molar-refractivity contribution in [3.63, 3.8) is 0 Å². The van der Waals surface area contributed by atoms with Crippen molar-refractivity contribution in [3.8, 4) is 0 Å². The molecule has 0 aliphatic heterocycles. The first-order chi connectivity index (χ1) is 10.1. The number of nitrogens with one attached hydrogen (secondary N) is 1. The summed E-state index contributed by atoms with van der Waals surface area (Å²) in [5, 5.41) is 2.75. The summed E-state index contributed by atoms with van der Waals surface area (Å²) in [6.07, 6.45) is 7.11. The van der Waals surface area contributed by atoms with E-state index in [0.29, 0.717) is 11.7 Å². The van der Waals surface area contributed by atoms with Crippen LogP contribution in [0.2, 0.25) is 0 Å². The molecule has 4 heteroatoms. The zero-order chi connectivity index (χ0) is 15.1. The Hall–Kier alpha value is -1.00. The molecule has 2 rings (SSSR count). The molecule has 1 aromatic carbocycles. The van der Waals surface area contributed by atoms with Gasteiger partial charge in [-0.1, -0.05) is 50.3 Å². The Morgan fingerprint density at radius 3 is 2.57 bits per heavy atom. The third kappa shape index (κ3) is 4.75. The lowest BCUT2D eigenvalue weighted by atomic mass is 9.80. The highest BCUT2D eigenvalue weighted by Gasteiger charge is 2.36. The fraction of sp³-hybridized carbons (Fsp3) is 0.588. The quantitative estimate of drug-likeness (QED) is 0.794. The zero-order valence-corrected chi connectivity index (χ0v) is 13.6. The number of thioether (sulfide) groups is 1. The van der Waals surface area contributed by atoms with Crippen LogP contribution in [0.15, 0.2) is 35.2 Å². The van der Waals surface area contributed by atoms with E-state index in [1.165, 1.54) is 37.0 Å². The molecule has 1 aliphatic carbocycles. The van der Waals surface area contributed by atoms with Crippen LogP contribution in [-0.4, -0.2) is 24.2 Å². The highest BCUT2D eigenvalue weighted by atomic mass is 32.2. The Balaban J connectivity index is 1.99. The molecule has 0 spiro atoms. The van der Waals surface area contributed by atoms with Crippen molar-refractivity contribution in [1.29, 1.82) is 0 Å². The van der Waals surface area contributed by atoms with Crippen molar-refractivity contribution in [2.24, 2.45) is 11.7 Å². The smallest absolute Gasteiger partial charge is 0.240 e. The lowest BCUT2D eigenvalue weighted by Gasteiger charge is -2.33. The monoisotopic (exact) mass is 306 g/mol. The topological polar surface area (TPSA) is 55.1 Å². The van der Waals surface area contributed by atoms with E-state index < -0.39 is 5.54 Å². The van der Waals surface area contributed by atoms with Crippen molar-refractivity contribution >= 4 is 17.7 Å². The molecule has 1 aliphatic rings. The number of benzene rings is 1. The Labute approximate surface area is 132 Å². The molecule has 1 atom stereocenters. The van der Waals surface area contributed by atoms with Crippen LogP contribution in [0, 0.1) is 5.92 Å². The molecule has 0 bridgehead atoms. The van der Waals surface area contributed by atoms with Crippen LogP contribution in [0.25, 0.3) is 0 Å². The van der Waals surface area contributed by atoms with E-state index in [-0.39, 0.29) is 5.91 Å². The fourth-order valence-corrected chi connectivity index (χ4v) is 4.12. The minimum atomic E-state index is -0.767. The largest absolute Gasteiger partial charge is 0.358 e. The van der Waals surface area contributed by atoms with Gasteiger partial charge in [-0.3, -0.25) is 4.79 Å². The first-order valence-electron chi connectivity index (χ1n) is 7.83. The average Bonchev–Trinajstić information content (AvgIpc) is 2.54. The molecule has 0 saturated heterocycles. The van der Waals surface area contributed by atoms with E-state index in [1.807, 2.05) is 18.2 Å². The van der Waals surface area contributed by atoms with Gasteiger partial charge in [0, 0.05) is 17.7 Å². The summed E-state index contributed by atoms with van der Waals surface area (Å²) in [6.45, 7) is 0. The number of hydrogen-bond donors (Lipinski definition) is 2. The molecular formula is C17H26N2OS. The SMILES string of the molecule is CNC(=O)C(N)(CSc1ccccc1)CC1CCCCC1. The molecule has 1 amide bonds. The van der Waals surface area contributed by atoms with Crippen LogP contribution >= 0.6 is 11.8 Å². The molecule has 0 aromatic heterocycles. The van der Waals surface area contributed by atoms with Crippen LogP contribution < -0.4 is 11.1 Å². The summed E-state index contributed by atoms with van der Waals surface area (Å²) in [5.41, 5.74) is 5.73. The molecule has 116 valence electrons. The Morgan fingerprint density at radius 1 is 1.29 bits per heavy atom. The minimum absolute atomic E-state index is 0.0310. The van der Waals surface area contributed by atoms with E-state index in [2.05, 4.69) is 17.4 Å². The maximum atomic E-state index is 12.3. The summed E-state index contributed by atoms with van der Waals surface area (Å²) in [6, 6.07) is 10.2. The van der Waals surface area contributed by atoms with Crippen molar-refractivity contribution in [1.82, 2.24) is 5.32 Å². The van der Waals surface area contributed by atoms with Gasteiger partial charge in [-0.2, -0.15) is 0 Å². The predicted molar refractivity (Wildman–Crippen MR) is 89.3 cm³/mol. The normalized spacial score (nSPS) is 19.0. The number of rotatable bonds is 6. The second-order valence-corrected chi connectivity index (χ2v) is 7.09. The van der Waals surface area contributed by atoms with Gasteiger partial charge in [-0.05, 0) is 24.5 Å². The van der Waals surface area contributed by atoms with Gasteiger partial charge >= 0.3 is 0 Å². The van der Waals surface area contributed by atoms with Gasteiger partial charge in [0.2, 0.25) is 5.91 Å². The van der Waals surface area contributed by atoms with Gasteiger partial charge in [0.15, 0.2) is 0 Å². The molecule has 1 unspecified atom stereocenters. The summed E-state index contributed by atoms with van der Waals surface area (Å²) in [7, 11) is 1.68. The van der Waals surface area contributed by atoms with Gasteiger partial charge in [-0.15, -0.1) is 11.8 Å². The number of carbonyl (C=O) groups is 1. The van der Waals surface area contributed by atoms with Crippen molar-refractivity contribution in [2.45, 2.75) is 49.0 Å². The minimum Gasteiger partial charge on any atom is -0.358 e. The third-order valence-corrected chi connectivity index (χ3v) is 5.56. The Kier molecular flexibility index (Phi) is 6.12. The van der Waals surface area contributed by atoms with Crippen LogP contribution in [0.1, 0.15) is 38.5 Å². The molecule has 0 heterocycles.